The fourth-order valence-electron chi connectivity index (χ4n) is 4.29. The summed E-state index contributed by atoms with van der Waals surface area (Å²) in [6, 6.07) is 10.7. The van der Waals surface area contributed by atoms with Gasteiger partial charge in [-0.2, -0.15) is 0 Å². The Morgan fingerprint density at radius 3 is 2.10 bits per heavy atom. The molecule has 2 aromatic carbocycles. The second kappa shape index (κ2) is 16.3. The van der Waals surface area contributed by atoms with Gasteiger partial charge in [0.25, 0.3) is 11.8 Å². The molecule has 226 valence electrons. The smallest absolute Gasteiger partial charge is 0.253 e. The number of ether oxygens (including phenoxy) is 2. The van der Waals surface area contributed by atoms with Crippen molar-refractivity contribution in [3.05, 3.63) is 82.5 Å². The summed E-state index contributed by atoms with van der Waals surface area (Å²) in [6.07, 6.45) is 3.25. The maximum atomic E-state index is 12.4. The molecule has 0 saturated carbocycles. The molecule has 0 bridgehead atoms. The summed E-state index contributed by atoms with van der Waals surface area (Å²) < 4.78 is 35.9. The monoisotopic (exact) mass is 613 g/mol. The second-order valence-electron chi connectivity index (χ2n) is 10.3. The molecule has 0 saturated heterocycles. The topological polar surface area (TPSA) is 93.9 Å². The van der Waals surface area contributed by atoms with Gasteiger partial charge in [0.05, 0.1) is 12.7 Å². The van der Waals surface area contributed by atoms with E-state index in [2.05, 4.69) is 5.32 Å². The number of hydrogen-bond acceptors (Lipinski definition) is 5. The van der Waals surface area contributed by atoms with Crippen molar-refractivity contribution in [2.45, 2.75) is 45.6 Å². The van der Waals surface area contributed by atoms with Crippen LogP contribution in [-0.2, 0) is 12.8 Å². The molecule has 0 spiro atoms. The highest BCUT2D eigenvalue weighted by Crippen LogP contribution is 2.27. The summed E-state index contributed by atoms with van der Waals surface area (Å²) in [4.78, 5) is 25.6. The number of fused-ring (bicyclic) bond motifs is 2. The zero-order valence-corrected chi connectivity index (χ0v) is 25.4. The predicted molar refractivity (Wildman–Crippen MR) is 162 cm³/mol. The van der Waals surface area contributed by atoms with Crippen LogP contribution in [0.25, 0.3) is 0 Å². The van der Waals surface area contributed by atoms with Gasteiger partial charge in [-0.3, -0.25) is 9.59 Å². The normalized spacial score (nSPS) is 15.6. The summed E-state index contributed by atoms with van der Waals surface area (Å²) >= 11 is 0. The van der Waals surface area contributed by atoms with Crippen LogP contribution in [-0.4, -0.2) is 55.6 Å². The van der Waals surface area contributed by atoms with Crippen molar-refractivity contribution in [2.75, 3.05) is 33.4 Å². The highest BCUT2D eigenvalue weighted by atomic mass is 35.5. The third-order valence-electron chi connectivity index (χ3n) is 6.65. The van der Waals surface area contributed by atoms with Crippen LogP contribution in [0.3, 0.4) is 0 Å². The Hall–Kier alpha value is -3.14. The van der Waals surface area contributed by atoms with Crippen molar-refractivity contribution < 1.29 is 27.8 Å². The van der Waals surface area contributed by atoms with E-state index in [1.54, 1.807) is 36.2 Å². The first-order chi connectivity index (χ1) is 18.6. The first-order valence-corrected chi connectivity index (χ1v) is 13.0. The van der Waals surface area contributed by atoms with E-state index in [0.717, 1.165) is 36.1 Å². The van der Waals surface area contributed by atoms with E-state index in [0.29, 0.717) is 47.3 Å². The largest absolute Gasteiger partial charge is 0.489 e. The molecule has 2 aliphatic heterocycles. The molecular formula is C30H39Cl2F2N3O4. The van der Waals surface area contributed by atoms with Gasteiger partial charge >= 0.3 is 0 Å². The average molecular weight is 615 g/mol. The number of carbonyl (C=O) groups is 2. The number of halogens is 4. The quantitative estimate of drug-likeness (QED) is 0.396. The van der Waals surface area contributed by atoms with Crippen molar-refractivity contribution in [2.24, 2.45) is 5.73 Å². The van der Waals surface area contributed by atoms with Crippen LogP contribution in [0.5, 0.6) is 11.5 Å². The summed E-state index contributed by atoms with van der Waals surface area (Å²) in [5, 5.41) is 2.94. The molecule has 0 unspecified atom stereocenters. The predicted octanol–water partition coefficient (Wildman–Crippen LogP) is 5.74. The molecule has 3 N–H and O–H groups in total. The molecule has 0 fully saturated rings. The van der Waals surface area contributed by atoms with Gasteiger partial charge < -0.3 is 25.4 Å². The Kier molecular flexibility index (Phi) is 14.3. The van der Waals surface area contributed by atoms with E-state index >= 15 is 0 Å². The maximum Gasteiger partial charge on any atom is 0.253 e. The number of nitrogens with one attached hydrogen (secondary N) is 1. The Balaban J connectivity index is 0.000000391. The lowest BCUT2D eigenvalue weighted by Gasteiger charge is -2.32. The molecule has 0 aliphatic carbocycles. The zero-order chi connectivity index (χ0) is 28.6. The Bertz CT molecular complexity index is 1270. The van der Waals surface area contributed by atoms with E-state index in [-0.39, 0.29) is 61.9 Å². The lowest BCUT2D eigenvalue weighted by atomic mass is 9.87. The van der Waals surface area contributed by atoms with E-state index in [4.69, 9.17) is 15.2 Å². The van der Waals surface area contributed by atoms with Crippen LogP contribution in [0.2, 0.25) is 0 Å². The highest BCUT2D eigenvalue weighted by Gasteiger charge is 2.30. The van der Waals surface area contributed by atoms with Crippen LogP contribution in [0.15, 0.2) is 60.2 Å². The van der Waals surface area contributed by atoms with Crippen molar-refractivity contribution in [1.82, 2.24) is 10.2 Å². The zero-order valence-electron chi connectivity index (χ0n) is 23.8. The van der Waals surface area contributed by atoms with Gasteiger partial charge in [-0.25, -0.2) is 8.78 Å². The summed E-state index contributed by atoms with van der Waals surface area (Å²) in [5.74, 6) is 1.27. The molecular weight excluding hydrogens is 575 g/mol. The molecule has 0 aromatic heterocycles. The Morgan fingerprint density at radius 1 is 0.976 bits per heavy atom. The number of carbonyl (C=O) groups excluding carboxylic acids is 2. The Labute approximate surface area is 253 Å². The summed E-state index contributed by atoms with van der Waals surface area (Å²) in [6.45, 7) is 7.04. The van der Waals surface area contributed by atoms with Crippen LogP contribution < -0.4 is 20.5 Å². The van der Waals surface area contributed by atoms with Gasteiger partial charge in [-0.1, -0.05) is 6.92 Å². The molecule has 0 atom stereocenters. The molecule has 7 nitrogen and oxygen atoms in total. The third kappa shape index (κ3) is 9.73. The molecule has 2 amide bonds. The van der Waals surface area contributed by atoms with Crippen LogP contribution >= 0.6 is 24.8 Å². The van der Waals surface area contributed by atoms with E-state index < -0.39 is 0 Å². The third-order valence-corrected chi connectivity index (χ3v) is 6.65. The highest BCUT2D eigenvalue weighted by molar-refractivity contribution is 5.97. The SMILES string of the molecule is CC/C(=C\F)COc1ccc2c(c1)CCN(C)C2=O.CC1(C)Cc2cc(OC/C(=C/F)CN)ccc2C(=O)N1.Cl.Cl. The van der Waals surface area contributed by atoms with E-state index in [9.17, 15) is 18.4 Å². The van der Waals surface area contributed by atoms with Gasteiger partial charge in [0.2, 0.25) is 0 Å². The van der Waals surface area contributed by atoms with Gasteiger partial charge in [0, 0.05) is 42.4 Å². The first kappa shape index (κ1) is 35.9. The van der Waals surface area contributed by atoms with Crippen LogP contribution in [0.4, 0.5) is 8.78 Å². The number of nitrogens with two attached hydrogens (primary N) is 1. The number of nitrogens with zero attached hydrogens (tertiary/aromatic N) is 1. The van der Waals surface area contributed by atoms with Crippen LogP contribution in [0, 0.1) is 0 Å². The first-order valence-electron chi connectivity index (χ1n) is 13.0. The molecule has 0 radical (unpaired) electrons. The fourth-order valence-corrected chi connectivity index (χ4v) is 4.29. The van der Waals surface area contributed by atoms with Crippen molar-refractivity contribution in [1.29, 1.82) is 0 Å². The van der Waals surface area contributed by atoms with Crippen molar-refractivity contribution in [3.63, 3.8) is 0 Å². The maximum absolute atomic E-state index is 12.4. The van der Waals surface area contributed by atoms with Crippen LogP contribution in [0.1, 0.15) is 59.0 Å². The average Bonchev–Trinajstić information content (AvgIpc) is 2.91. The van der Waals surface area contributed by atoms with Crippen molar-refractivity contribution >= 4 is 36.6 Å². The molecule has 4 rings (SSSR count). The number of amides is 2. The molecule has 2 aromatic rings. The van der Waals surface area contributed by atoms with Gasteiger partial charge in [0.15, 0.2) is 0 Å². The summed E-state index contributed by atoms with van der Waals surface area (Å²) in [7, 11) is 1.80. The Morgan fingerprint density at radius 2 is 1.54 bits per heavy atom. The lowest BCUT2D eigenvalue weighted by Crippen LogP contribution is -2.49. The minimum atomic E-state index is -0.274. The molecule has 11 heteroatoms. The minimum absolute atomic E-state index is 0. The molecule has 2 heterocycles. The fraction of sp³-hybridized carbons (Fsp3) is 0.400. The molecule has 2 aliphatic rings. The minimum Gasteiger partial charge on any atom is -0.489 e. The standard InChI is InChI=1S/C15H19FN2O2.C15H18FNO2.2ClH/c1-15(2)6-11-5-12(20-9-10(7-16)8-17)3-4-13(11)14(19)18-15;1-3-11(9-16)10-19-13-4-5-14-12(8-13)6-7-17(2)15(14)18;;/h3-5,7H,6,8-9,17H2,1-2H3,(H,18,19);4-5,8-9H,3,6-7,10H2,1-2H3;2*1H/b10-7+;11-9+;;. The van der Waals surface area contributed by atoms with E-state index in [1.165, 1.54) is 0 Å². The van der Waals surface area contributed by atoms with Crippen molar-refractivity contribution in [3.8, 4) is 11.5 Å². The summed E-state index contributed by atoms with van der Waals surface area (Å²) in [5.41, 5.74) is 9.45. The number of rotatable bonds is 8. The van der Waals surface area contributed by atoms with Gasteiger partial charge in [-0.05, 0) is 86.2 Å². The molecule has 41 heavy (non-hydrogen) atoms. The number of benzene rings is 2. The van der Waals surface area contributed by atoms with E-state index in [1.807, 2.05) is 32.9 Å². The number of hydrogen-bond donors (Lipinski definition) is 2. The lowest BCUT2D eigenvalue weighted by molar-refractivity contribution is 0.0780. The van der Waals surface area contributed by atoms with Gasteiger partial charge in [-0.15, -0.1) is 24.8 Å². The second-order valence-corrected chi connectivity index (χ2v) is 10.3. The van der Waals surface area contributed by atoms with Gasteiger partial charge in [0.1, 0.15) is 24.7 Å². The number of likely N-dealkylation sites (N-methyl/N-ethyl adjacent to an activating group) is 1.